The van der Waals surface area contributed by atoms with Gasteiger partial charge >= 0.3 is 6.18 Å². The number of aliphatic hydroxyl groups excluding tert-OH is 1. The number of alkyl halides is 3. The van der Waals surface area contributed by atoms with Crippen molar-refractivity contribution in [3.05, 3.63) is 47.2 Å². The molecule has 11 heteroatoms. The van der Waals surface area contributed by atoms with Crippen molar-refractivity contribution in [2.45, 2.75) is 56.8 Å². The summed E-state index contributed by atoms with van der Waals surface area (Å²) in [6.07, 6.45) is -0.760. The summed E-state index contributed by atoms with van der Waals surface area (Å²) in [6, 6.07) is 8.24. The molecular weight excluding hydrogens is 475 g/mol. The van der Waals surface area contributed by atoms with E-state index in [1.807, 2.05) is 0 Å². The van der Waals surface area contributed by atoms with Gasteiger partial charge in [-0.2, -0.15) is 18.4 Å². The van der Waals surface area contributed by atoms with Crippen molar-refractivity contribution < 1.29 is 27.8 Å². The summed E-state index contributed by atoms with van der Waals surface area (Å²) in [5.41, 5.74) is -1.23. The van der Waals surface area contributed by atoms with E-state index in [9.17, 15) is 23.1 Å². The number of anilines is 1. The van der Waals surface area contributed by atoms with Gasteiger partial charge in [-0.3, -0.25) is 4.79 Å². The van der Waals surface area contributed by atoms with Gasteiger partial charge in [0.2, 0.25) is 0 Å². The fraction of sp³-hybridized carbons (Fsp3) is 0.520. The number of piperidine rings is 1. The topological polar surface area (TPSA) is 111 Å². The lowest BCUT2D eigenvalue weighted by molar-refractivity contribution is -0.137. The van der Waals surface area contributed by atoms with E-state index in [0.29, 0.717) is 37.4 Å². The van der Waals surface area contributed by atoms with Crippen molar-refractivity contribution in [2.75, 3.05) is 24.6 Å². The zero-order valence-corrected chi connectivity index (χ0v) is 19.7. The third-order valence-corrected chi connectivity index (χ3v) is 6.81. The molecule has 1 aromatic heterocycles. The molecule has 2 aromatic rings. The molecular formula is C25H28F3N5O3. The molecule has 192 valence electrons. The molecule has 1 aliphatic carbocycles. The van der Waals surface area contributed by atoms with Crippen molar-refractivity contribution >= 4 is 11.7 Å². The quantitative estimate of drug-likeness (QED) is 0.618. The highest BCUT2D eigenvalue weighted by Crippen LogP contribution is 2.35. The third kappa shape index (κ3) is 6.23. The summed E-state index contributed by atoms with van der Waals surface area (Å²) in [5.74, 6) is 0.780. The number of hydrogen-bond acceptors (Lipinski definition) is 7. The predicted octanol–water partition coefficient (Wildman–Crippen LogP) is 3.70. The number of ether oxygens (including phenoxy) is 1. The molecule has 0 atom stereocenters. The summed E-state index contributed by atoms with van der Waals surface area (Å²) in [7, 11) is 0. The van der Waals surface area contributed by atoms with Gasteiger partial charge in [0.15, 0.2) is 11.5 Å². The monoisotopic (exact) mass is 503 g/mol. The van der Waals surface area contributed by atoms with Crippen molar-refractivity contribution in [1.82, 2.24) is 15.5 Å². The number of amides is 1. The van der Waals surface area contributed by atoms with E-state index in [0.717, 1.165) is 38.1 Å². The smallest absolute Gasteiger partial charge is 0.417 e. The van der Waals surface area contributed by atoms with Crippen LogP contribution in [0.15, 0.2) is 30.3 Å². The van der Waals surface area contributed by atoms with Gasteiger partial charge in [-0.25, -0.2) is 0 Å². The van der Waals surface area contributed by atoms with Crippen LogP contribution in [0, 0.1) is 17.2 Å². The maximum absolute atomic E-state index is 13.2. The van der Waals surface area contributed by atoms with Crippen LogP contribution in [-0.2, 0) is 6.18 Å². The summed E-state index contributed by atoms with van der Waals surface area (Å²) in [4.78, 5) is 14.7. The third-order valence-electron chi connectivity index (χ3n) is 6.81. The number of aromatic nitrogens is 2. The van der Waals surface area contributed by atoms with E-state index >= 15 is 0 Å². The van der Waals surface area contributed by atoms with Gasteiger partial charge < -0.3 is 20.1 Å². The van der Waals surface area contributed by atoms with Crippen LogP contribution >= 0.6 is 0 Å². The minimum absolute atomic E-state index is 0.0739. The zero-order valence-electron chi connectivity index (χ0n) is 19.7. The average molecular weight is 504 g/mol. The van der Waals surface area contributed by atoms with E-state index in [4.69, 9.17) is 10.00 Å². The summed E-state index contributed by atoms with van der Waals surface area (Å²) >= 11 is 0. The number of nitrogens with one attached hydrogen (secondary N) is 1. The number of hydrogen-bond donors (Lipinski definition) is 2. The van der Waals surface area contributed by atoms with Crippen molar-refractivity contribution in [1.29, 1.82) is 5.26 Å². The second-order valence-corrected chi connectivity index (χ2v) is 9.27. The second kappa shape index (κ2) is 11.1. The van der Waals surface area contributed by atoms with Crippen LogP contribution in [0.5, 0.6) is 5.75 Å². The molecule has 1 aliphatic heterocycles. The standard InChI is InChI=1S/C25H28F3N5O3/c26-25(27,28)21-13-20(4-1-17(21)14-29)36-19-5-2-18(3-6-19)30-24(35)22-7-8-23(32-31-22)33-11-9-16(15-34)10-12-33/h1,4,7-8,13,16,18-19,34H,2-3,5-6,9-12,15H2,(H,30,35)/t18-,19-. The van der Waals surface area contributed by atoms with Gasteiger partial charge in [0, 0.05) is 25.7 Å². The van der Waals surface area contributed by atoms with Crippen LogP contribution in [0.3, 0.4) is 0 Å². The van der Waals surface area contributed by atoms with Gasteiger partial charge in [-0.1, -0.05) is 0 Å². The van der Waals surface area contributed by atoms with Crippen molar-refractivity contribution in [3.63, 3.8) is 0 Å². The van der Waals surface area contributed by atoms with Crippen LogP contribution in [0.25, 0.3) is 0 Å². The molecule has 2 aliphatic rings. The number of aliphatic hydroxyl groups is 1. The van der Waals surface area contributed by atoms with Crippen molar-refractivity contribution in [2.24, 2.45) is 5.92 Å². The Morgan fingerprint density at radius 3 is 2.42 bits per heavy atom. The van der Waals surface area contributed by atoms with E-state index in [1.54, 1.807) is 18.2 Å². The van der Waals surface area contributed by atoms with Gasteiger partial charge in [-0.15, -0.1) is 10.2 Å². The number of carbonyl (C=O) groups excluding carboxylic acids is 1. The lowest BCUT2D eigenvalue weighted by Crippen LogP contribution is -2.40. The predicted molar refractivity (Wildman–Crippen MR) is 124 cm³/mol. The number of halogens is 3. The average Bonchev–Trinajstić information content (AvgIpc) is 2.89. The van der Waals surface area contributed by atoms with Crippen LogP contribution < -0.4 is 15.0 Å². The maximum Gasteiger partial charge on any atom is 0.417 e. The van der Waals surface area contributed by atoms with E-state index in [-0.39, 0.29) is 36.1 Å². The SMILES string of the molecule is N#Cc1ccc(O[C@H]2CC[C@H](NC(=O)c3ccc(N4CCC(CO)CC4)nn3)CC2)cc1C(F)(F)F. The Balaban J connectivity index is 1.26. The molecule has 0 bridgehead atoms. The minimum atomic E-state index is -4.63. The Morgan fingerprint density at radius 2 is 1.83 bits per heavy atom. The number of rotatable bonds is 6. The van der Waals surface area contributed by atoms with Gasteiger partial charge in [0.05, 0.1) is 23.3 Å². The highest BCUT2D eigenvalue weighted by Gasteiger charge is 2.34. The first-order valence-corrected chi connectivity index (χ1v) is 12.0. The molecule has 2 heterocycles. The van der Waals surface area contributed by atoms with E-state index in [1.165, 1.54) is 6.07 Å². The fourth-order valence-corrected chi connectivity index (χ4v) is 4.67. The highest BCUT2D eigenvalue weighted by molar-refractivity contribution is 5.92. The molecule has 2 N–H and O–H groups in total. The Hall–Kier alpha value is -3.39. The first kappa shape index (κ1) is 25.7. The summed E-state index contributed by atoms with van der Waals surface area (Å²) < 4.78 is 45.3. The van der Waals surface area contributed by atoms with Gasteiger partial charge in [0.1, 0.15) is 5.75 Å². The highest BCUT2D eigenvalue weighted by atomic mass is 19.4. The van der Waals surface area contributed by atoms with Crippen LogP contribution in [-0.4, -0.2) is 53.1 Å². The molecule has 1 amide bonds. The number of nitriles is 1. The molecule has 4 rings (SSSR count). The number of nitrogens with zero attached hydrogens (tertiary/aromatic N) is 4. The fourth-order valence-electron chi connectivity index (χ4n) is 4.67. The molecule has 8 nitrogen and oxygen atoms in total. The Kier molecular flexibility index (Phi) is 7.94. The van der Waals surface area contributed by atoms with E-state index in [2.05, 4.69) is 20.4 Å². The molecule has 1 saturated carbocycles. The molecule has 1 aromatic carbocycles. The first-order chi connectivity index (χ1) is 17.3. The maximum atomic E-state index is 13.2. The molecule has 36 heavy (non-hydrogen) atoms. The van der Waals surface area contributed by atoms with Crippen LogP contribution in [0.1, 0.15) is 60.1 Å². The molecule has 1 saturated heterocycles. The molecule has 2 fully saturated rings. The molecule has 0 unspecified atom stereocenters. The number of carbonyl (C=O) groups is 1. The van der Waals surface area contributed by atoms with Crippen LogP contribution in [0.4, 0.5) is 19.0 Å². The lowest BCUT2D eigenvalue weighted by Gasteiger charge is -2.31. The summed E-state index contributed by atoms with van der Waals surface area (Å²) in [5, 5.41) is 29.4. The zero-order chi connectivity index (χ0) is 25.7. The summed E-state index contributed by atoms with van der Waals surface area (Å²) in [6.45, 7) is 1.77. The number of benzene rings is 1. The Labute approximate surface area is 207 Å². The Morgan fingerprint density at radius 1 is 1.11 bits per heavy atom. The van der Waals surface area contributed by atoms with E-state index < -0.39 is 17.3 Å². The second-order valence-electron chi connectivity index (χ2n) is 9.27. The normalized spacial score (nSPS) is 21.0. The van der Waals surface area contributed by atoms with Crippen molar-refractivity contribution in [3.8, 4) is 11.8 Å². The first-order valence-electron chi connectivity index (χ1n) is 12.0. The molecule has 0 radical (unpaired) electrons. The lowest BCUT2D eigenvalue weighted by atomic mass is 9.92. The molecule has 0 spiro atoms. The Bertz CT molecular complexity index is 1090. The minimum Gasteiger partial charge on any atom is -0.490 e. The van der Waals surface area contributed by atoms with Gasteiger partial charge in [-0.05, 0) is 74.8 Å². The van der Waals surface area contributed by atoms with Crippen LogP contribution in [0.2, 0.25) is 0 Å². The van der Waals surface area contributed by atoms with Gasteiger partial charge in [0.25, 0.3) is 5.91 Å². The largest absolute Gasteiger partial charge is 0.490 e.